The molecule has 0 aromatic rings. The summed E-state index contributed by atoms with van der Waals surface area (Å²) < 4.78 is 5.41. The average Bonchev–Trinajstić information content (AvgIpc) is 2.50. The van der Waals surface area contributed by atoms with E-state index >= 15 is 0 Å². The lowest BCUT2D eigenvalue weighted by Crippen LogP contribution is -2.33. The van der Waals surface area contributed by atoms with Gasteiger partial charge in [-0.1, -0.05) is 0 Å². The van der Waals surface area contributed by atoms with Crippen LogP contribution in [-0.2, 0) is 9.53 Å². The maximum atomic E-state index is 11.4. The molecule has 0 aliphatic carbocycles. The molecular formula is C8H14ClNO2. The summed E-state index contributed by atoms with van der Waals surface area (Å²) in [5, 5.41) is 0. The first-order valence-corrected chi connectivity index (χ1v) is 4.61. The van der Waals surface area contributed by atoms with E-state index in [9.17, 15) is 4.79 Å². The van der Waals surface area contributed by atoms with Gasteiger partial charge in [-0.3, -0.25) is 4.79 Å². The number of ether oxygens (including phenoxy) is 1. The highest BCUT2D eigenvalue weighted by atomic mass is 35.5. The van der Waals surface area contributed by atoms with Crippen molar-refractivity contribution in [1.29, 1.82) is 0 Å². The fraction of sp³-hybridized carbons (Fsp3) is 0.875. The van der Waals surface area contributed by atoms with Crippen LogP contribution in [0.3, 0.4) is 0 Å². The number of hydrogen-bond acceptors (Lipinski definition) is 2. The van der Waals surface area contributed by atoms with Crippen molar-refractivity contribution in [3.05, 3.63) is 0 Å². The molecule has 0 spiro atoms. The summed E-state index contributed by atoms with van der Waals surface area (Å²) >= 11 is 5.61. The minimum Gasteiger partial charge on any atom is -0.364 e. The SMILES string of the molecule is CN(C)C(=O)C1CCC(CCl)O1. The molecule has 0 aromatic heterocycles. The van der Waals surface area contributed by atoms with Gasteiger partial charge < -0.3 is 9.64 Å². The molecule has 1 amide bonds. The molecule has 1 heterocycles. The van der Waals surface area contributed by atoms with Crippen molar-refractivity contribution in [2.75, 3.05) is 20.0 Å². The third kappa shape index (κ3) is 2.11. The first-order valence-electron chi connectivity index (χ1n) is 4.07. The largest absolute Gasteiger partial charge is 0.364 e. The van der Waals surface area contributed by atoms with E-state index in [2.05, 4.69) is 0 Å². The van der Waals surface area contributed by atoms with Crippen molar-refractivity contribution >= 4 is 17.5 Å². The molecule has 0 bridgehead atoms. The molecule has 0 radical (unpaired) electrons. The summed E-state index contributed by atoms with van der Waals surface area (Å²) in [5.41, 5.74) is 0. The van der Waals surface area contributed by atoms with E-state index in [-0.39, 0.29) is 18.1 Å². The van der Waals surface area contributed by atoms with Gasteiger partial charge >= 0.3 is 0 Å². The maximum absolute atomic E-state index is 11.4. The van der Waals surface area contributed by atoms with Gasteiger partial charge in [-0.05, 0) is 12.8 Å². The smallest absolute Gasteiger partial charge is 0.251 e. The van der Waals surface area contributed by atoms with Crippen LogP contribution in [0.4, 0.5) is 0 Å². The van der Waals surface area contributed by atoms with Crippen LogP contribution in [0.15, 0.2) is 0 Å². The maximum Gasteiger partial charge on any atom is 0.251 e. The number of hydrogen-bond donors (Lipinski definition) is 0. The highest BCUT2D eigenvalue weighted by molar-refractivity contribution is 6.18. The summed E-state index contributed by atoms with van der Waals surface area (Å²) in [6.07, 6.45) is 1.51. The normalized spacial score (nSPS) is 28.9. The Morgan fingerprint density at radius 2 is 2.25 bits per heavy atom. The fourth-order valence-corrected chi connectivity index (χ4v) is 1.52. The zero-order valence-electron chi connectivity index (χ0n) is 7.42. The zero-order chi connectivity index (χ0) is 9.14. The first-order chi connectivity index (χ1) is 5.65. The van der Waals surface area contributed by atoms with E-state index < -0.39 is 0 Å². The number of carbonyl (C=O) groups excluding carboxylic acids is 1. The second-order valence-corrected chi connectivity index (χ2v) is 3.52. The standard InChI is InChI=1S/C8H14ClNO2/c1-10(2)8(11)7-4-3-6(5-9)12-7/h6-7H,3-5H2,1-2H3. The third-order valence-electron chi connectivity index (χ3n) is 2.00. The third-order valence-corrected chi connectivity index (χ3v) is 2.34. The van der Waals surface area contributed by atoms with Gasteiger partial charge in [0.25, 0.3) is 5.91 Å². The minimum absolute atomic E-state index is 0.0441. The van der Waals surface area contributed by atoms with Crippen molar-refractivity contribution in [1.82, 2.24) is 4.90 Å². The van der Waals surface area contributed by atoms with Crippen LogP contribution in [0.5, 0.6) is 0 Å². The van der Waals surface area contributed by atoms with Gasteiger partial charge in [0.05, 0.1) is 6.10 Å². The van der Waals surface area contributed by atoms with E-state index in [1.807, 2.05) is 0 Å². The number of halogens is 1. The summed E-state index contributed by atoms with van der Waals surface area (Å²) in [6, 6.07) is 0. The highest BCUT2D eigenvalue weighted by Gasteiger charge is 2.30. The van der Waals surface area contributed by atoms with Gasteiger partial charge in [0.1, 0.15) is 6.10 Å². The number of nitrogens with zero attached hydrogens (tertiary/aromatic N) is 1. The predicted octanol–water partition coefficient (Wildman–Crippen LogP) is 0.861. The number of carbonyl (C=O) groups is 1. The Bertz CT molecular complexity index is 172. The second-order valence-electron chi connectivity index (χ2n) is 3.21. The molecule has 0 aromatic carbocycles. The molecule has 1 aliphatic heterocycles. The highest BCUT2D eigenvalue weighted by Crippen LogP contribution is 2.21. The Balaban J connectivity index is 2.41. The molecular weight excluding hydrogens is 178 g/mol. The van der Waals surface area contributed by atoms with Gasteiger partial charge in [-0.15, -0.1) is 11.6 Å². The van der Waals surface area contributed by atoms with Crippen molar-refractivity contribution < 1.29 is 9.53 Å². The van der Waals surface area contributed by atoms with E-state index in [0.29, 0.717) is 5.88 Å². The first kappa shape index (κ1) is 9.81. The zero-order valence-corrected chi connectivity index (χ0v) is 8.17. The monoisotopic (exact) mass is 191 g/mol. The van der Waals surface area contributed by atoms with Gasteiger partial charge in [0, 0.05) is 20.0 Å². The van der Waals surface area contributed by atoms with Gasteiger partial charge in [0.2, 0.25) is 0 Å². The molecule has 2 unspecified atom stereocenters. The van der Waals surface area contributed by atoms with Crippen LogP contribution < -0.4 is 0 Å². The van der Waals surface area contributed by atoms with E-state index in [1.165, 1.54) is 0 Å². The molecule has 3 nitrogen and oxygen atoms in total. The molecule has 2 atom stereocenters. The van der Waals surface area contributed by atoms with Gasteiger partial charge in [-0.2, -0.15) is 0 Å². The predicted molar refractivity (Wildman–Crippen MR) is 47.3 cm³/mol. The molecule has 1 fully saturated rings. The van der Waals surface area contributed by atoms with Crippen LogP contribution in [-0.4, -0.2) is 43.0 Å². The Labute approximate surface area is 77.6 Å². The lowest BCUT2D eigenvalue weighted by atomic mass is 10.2. The molecule has 1 saturated heterocycles. The van der Waals surface area contributed by atoms with Crippen LogP contribution in [0.25, 0.3) is 0 Å². The molecule has 70 valence electrons. The van der Waals surface area contributed by atoms with Crippen molar-refractivity contribution in [2.45, 2.75) is 25.0 Å². The van der Waals surface area contributed by atoms with Crippen LogP contribution >= 0.6 is 11.6 Å². The van der Waals surface area contributed by atoms with E-state index in [0.717, 1.165) is 12.8 Å². The lowest BCUT2D eigenvalue weighted by Gasteiger charge is -2.16. The Morgan fingerprint density at radius 1 is 1.58 bits per heavy atom. The van der Waals surface area contributed by atoms with Gasteiger partial charge in [0.15, 0.2) is 0 Å². The van der Waals surface area contributed by atoms with Crippen molar-refractivity contribution in [2.24, 2.45) is 0 Å². The summed E-state index contributed by atoms with van der Waals surface area (Å²) in [4.78, 5) is 12.9. The Hall–Kier alpha value is -0.280. The minimum atomic E-state index is -0.260. The molecule has 1 aliphatic rings. The van der Waals surface area contributed by atoms with Crippen LogP contribution in [0.1, 0.15) is 12.8 Å². The number of amides is 1. The topological polar surface area (TPSA) is 29.5 Å². The molecule has 12 heavy (non-hydrogen) atoms. The Kier molecular flexibility index (Phi) is 3.35. The summed E-state index contributed by atoms with van der Waals surface area (Å²) in [7, 11) is 3.47. The molecule has 1 rings (SSSR count). The van der Waals surface area contributed by atoms with E-state index in [4.69, 9.17) is 16.3 Å². The van der Waals surface area contributed by atoms with Crippen LogP contribution in [0.2, 0.25) is 0 Å². The number of likely N-dealkylation sites (N-methyl/N-ethyl adjacent to an activating group) is 1. The average molecular weight is 192 g/mol. The quantitative estimate of drug-likeness (QED) is 0.606. The fourth-order valence-electron chi connectivity index (χ4n) is 1.29. The molecule has 0 saturated carbocycles. The van der Waals surface area contributed by atoms with Gasteiger partial charge in [-0.25, -0.2) is 0 Å². The lowest BCUT2D eigenvalue weighted by molar-refractivity contribution is -0.139. The number of alkyl halides is 1. The van der Waals surface area contributed by atoms with E-state index in [1.54, 1.807) is 19.0 Å². The Morgan fingerprint density at radius 3 is 2.67 bits per heavy atom. The number of rotatable bonds is 2. The second kappa shape index (κ2) is 4.10. The molecule has 4 heteroatoms. The summed E-state index contributed by atoms with van der Waals surface area (Å²) in [6.45, 7) is 0. The van der Waals surface area contributed by atoms with Crippen molar-refractivity contribution in [3.8, 4) is 0 Å². The van der Waals surface area contributed by atoms with Crippen LogP contribution in [0, 0.1) is 0 Å². The van der Waals surface area contributed by atoms with Crippen molar-refractivity contribution in [3.63, 3.8) is 0 Å². The summed E-state index contributed by atoms with van der Waals surface area (Å²) in [5.74, 6) is 0.527. The molecule has 0 N–H and O–H groups in total.